The topological polar surface area (TPSA) is 66.9 Å². The van der Waals surface area contributed by atoms with Gasteiger partial charge >= 0.3 is 0 Å². The normalized spacial score (nSPS) is 16.2. The molecule has 3 rings (SSSR count). The van der Waals surface area contributed by atoms with Crippen LogP contribution in [-0.4, -0.2) is 46.5 Å². The Balaban J connectivity index is 1.84. The first-order valence-corrected chi connectivity index (χ1v) is 11.5. The number of piperidine rings is 1. The molecule has 1 saturated heterocycles. The lowest BCUT2D eigenvalue weighted by Crippen LogP contribution is -2.43. The van der Waals surface area contributed by atoms with Crippen molar-refractivity contribution in [2.75, 3.05) is 31.6 Å². The number of ether oxygens (including phenoxy) is 1. The molecule has 2 aromatic rings. The van der Waals surface area contributed by atoms with Gasteiger partial charge in [0.2, 0.25) is 0 Å². The van der Waals surface area contributed by atoms with Gasteiger partial charge < -0.3 is 9.64 Å². The second-order valence-electron chi connectivity index (χ2n) is 8.64. The zero-order valence-corrected chi connectivity index (χ0v) is 19.1. The van der Waals surface area contributed by atoms with E-state index in [0.29, 0.717) is 17.0 Å². The Morgan fingerprint density at radius 3 is 2.37 bits per heavy atom. The molecule has 0 N–H and O–H groups in total. The number of anilines is 1. The number of hydrogen-bond acceptors (Lipinski definition) is 4. The summed E-state index contributed by atoms with van der Waals surface area (Å²) in [5, 5.41) is 0. The maximum atomic E-state index is 13.0. The summed E-state index contributed by atoms with van der Waals surface area (Å²) in [6.45, 7) is 7.68. The summed E-state index contributed by atoms with van der Waals surface area (Å²) in [7, 11) is -0.667. The molecule has 0 radical (unpaired) electrons. The molecule has 0 aliphatic carbocycles. The molecule has 1 heterocycles. The van der Waals surface area contributed by atoms with Gasteiger partial charge in [-0.2, -0.15) is 0 Å². The predicted molar refractivity (Wildman–Crippen MR) is 119 cm³/mol. The number of nitrogens with zero attached hydrogens (tertiary/aromatic N) is 2. The number of benzene rings is 2. The molecule has 1 aliphatic heterocycles. The third kappa shape index (κ3) is 4.46. The van der Waals surface area contributed by atoms with Crippen LogP contribution in [-0.2, 0) is 10.0 Å². The van der Waals surface area contributed by atoms with E-state index in [0.717, 1.165) is 31.5 Å². The highest BCUT2D eigenvalue weighted by molar-refractivity contribution is 7.92. The van der Waals surface area contributed by atoms with Gasteiger partial charge in [-0.05, 0) is 73.2 Å². The number of hydrogen-bond donors (Lipinski definition) is 0. The fourth-order valence-corrected chi connectivity index (χ4v) is 5.22. The first-order valence-electron chi connectivity index (χ1n) is 10.1. The van der Waals surface area contributed by atoms with Crippen molar-refractivity contribution in [2.24, 2.45) is 5.41 Å². The van der Waals surface area contributed by atoms with Crippen molar-refractivity contribution in [2.45, 2.75) is 38.5 Å². The zero-order valence-electron chi connectivity index (χ0n) is 18.3. The highest BCUT2D eigenvalue weighted by atomic mass is 32.2. The lowest BCUT2D eigenvalue weighted by molar-refractivity contribution is 0.0583. The van der Waals surface area contributed by atoms with Crippen LogP contribution in [0, 0.1) is 12.3 Å². The predicted octanol–water partition coefficient (Wildman–Crippen LogP) is 4.09. The van der Waals surface area contributed by atoms with E-state index in [1.165, 1.54) is 30.6 Å². The van der Waals surface area contributed by atoms with Crippen LogP contribution in [0.4, 0.5) is 5.69 Å². The molecular formula is C23H30N2O4S. The van der Waals surface area contributed by atoms with E-state index in [-0.39, 0.29) is 16.2 Å². The van der Waals surface area contributed by atoms with Crippen molar-refractivity contribution < 1.29 is 17.9 Å². The molecule has 1 aliphatic rings. The maximum Gasteiger partial charge on any atom is 0.264 e. The number of amides is 1. The van der Waals surface area contributed by atoms with Gasteiger partial charge in [0, 0.05) is 25.7 Å². The molecule has 0 bridgehead atoms. The number of likely N-dealkylation sites (tertiary alicyclic amines) is 1. The number of aryl methyl sites for hydroxylation is 1. The second kappa shape index (κ2) is 8.30. The number of rotatable bonds is 5. The number of methoxy groups -OCH3 is 1. The van der Waals surface area contributed by atoms with Gasteiger partial charge in [0.25, 0.3) is 15.9 Å². The Labute approximate surface area is 179 Å². The summed E-state index contributed by atoms with van der Waals surface area (Å²) < 4.78 is 32.4. The van der Waals surface area contributed by atoms with E-state index in [1.54, 1.807) is 30.3 Å². The molecule has 7 heteroatoms. The van der Waals surface area contributed by atoms with Crippen LogP contribution in [0.25, 0.3) is 0 Å². The molecule has 0 saturated carbocycles. The lowest BCUT2D eigenvalue weighted by atomic mass is 9.84. The Morgan fingerprint density at radius 1 is 1.13 bits per heavy atom. The van der Waals surface area contributed by atoms with E-state index in [9.17, 15) is 13.2 Å². The smallest absolute Gasteiger partial charge is 0.264 e. The standard InChI is InChI=1S/C23H30N2O4S/c1-17-15-18(22(26)25-14-6-13-23(2,3)16-25)7-12-21(17)24(4)30(27,28)20-10-8-19(29-5)9-11-20/h7-12,15H,6,13-14,16H2,1-5H3. The van der Waals surface area contributed by atoms with Gasteiger partial charge in [-0.25, -0.2) is 8.42 Å². The van der Waals surface area contributed by atoms with Crippen molar-refractivity contribution in [3.63, 3.8) is 0 Å². The van der Waals surface area contributed by atoms with Crippen LogP contribution in [0.5, 0.6) is 5.75 Å². The second-order valence-corrected chi connectivity index (χ2v) is 10.6. The summed E-state index contributed by atoms with van der Waals surface area (Å²) in [6, 6.07) is 11.5. The van der Waals surface area contributed by atoms with E-state index < -0.39 is 10.0 Å². The third-order valence-electron chi connectivity index (χ3n) is 5.69. The van der Waals surface area contributed by atoms with Gasteiger partial charge in [-0.15, -0.1) is 0 Å². The van der Waals surface area contributed by atoms with Crippen LogP contribution >= 0.6 is 0 Å². The molecule has 6 nitrogen and oxygen atoms in total. The molecule has 0 unspecified atom stereocenters. The summed E-state index contributed by atoms with van der Waals surface area (Å²) in [5.41, 5.74) is 1.98. The molecular weight excluding hydrogens is 400 g/mol. The molecule has 0 atom stereocenters. The van der Waals surface area contributed by atoms with Crippen LogP contribution in [0.3, 0.4) is 0 Å². The average Bonchev–Trinajstić information content (AvgIpc) is 2.72. The summed E-state index contributed by atoms with van der Waals surface area (Å²) in [4.78, 5) is 15.1. The Hall–Kier alpha value is -2.54. The summed E-state index contributed by atoms with van der Waals surface area (Å²) in [6.07, 6.45) is 2.11. The molecule has 1 fully saturated rings. The monoisotopic (exact) mass is 430 g/mol. The fraction of sp³-hybridized carbons (Fsp3) is 0.435. The van der Waals surface area contributed by atoms with Crippen LogP contribution in [0.15, 0.2) is 47.4 Å². The molecule has 162 valence electrons. The summed E-state index contributed by atoms with van der Waals surface area (Å²) >= 11 is 0. The van der Waals surface area contributed by atoms with Gasteiger partial charge in [0.1, 0.15) is 5.75 Å². The Morgan fingerprint density at radius 2 is 1.80 bits per heavy atom. The molecule has 30 heavy (non-hydrogen) atoms. The van der Waals surface area contributed by atoms with Gasteiger partial charge in [-0.1, -0.05) is 13.8 Å². The first kappa shape index (κ1) is 22.2. The number of carbonyl (C=O) groups is 1. The number of sulfonamides is 1. The molecule has 1 amide bonds. The largest absolute Gasteiger partial charge is 0.497 e. The van der Waals surface area contributed by atoms with Crippen molar-refractivity contribution in [3.05, 3.63) is 53.6 Å². The maximum absolute atomic E-state index is 13.0. The van der Waals surface area contributed by atoms with E-state index in [1.807, 2.05) is 11.8 Å². The van der Waals surface area contributed by atoms with E-state index in [2.05, 4.69) is 13.8 Å². The third-order valence-corrected chi connectivity index (χ3v) is 7.47. The lowest BCUT2D eigenvalue weighted by Gasteiger charge is -2.38. The Kier molecular flexibility index (Phi) is 6.13. The highest BCUT2D eigenvalue weighted by Gasteiger charge is 2.30. The Bertz CT molecular complexity index is 1030. The van der Waals surface area contributed by atoms with Crippen LogP contribution in [0.2, 0.25) is 0 Å². The van der Waals surface area contributed by atoms with E-state index >= 15 is 0 Å². The SMILES string of the molecule is COc1ccc(S(=O)(=O)N(C)c2ccc(C(=O)N3CCCC(C)(C)C3)cc2C)cc1. The van der Waals surface area contributed by atoms with E-state index in [4.69, 9.17) is 4.74 Å². The van der Waals surface area contributed by atoms with Crippen molar-refractivity contribution >= 4 is 21.6 Å². The van der Waals surface area contributed by atoms with Gasteiger partial charge in [-0.3, -0.25) is 9.10 Å². The zero-order chi connectivity index (χ0) is 22.1. The highest BCUT2D eigenvalue weighted by Crippen LogP contribution is 2.31. The molecule has 0 spiro atoms. The van der Waals surface area contributed by atoms with Crippen LogP contribution < -0.4 is 9.04 Å². The van der Waals surface area contributed by atoms with Crippen LogP contribution in [0.1, 0.15) is 42.6 Å². The quantitative estimate of drug-likeness (QED) is 0.717. The first-order chi connectivity index (χ1) is 14.0. The molecule has 0 aromatic heterocycles. The minimum atomic E-state index is -3.73. The van der Waals surface area contributed by atoms with Crippen molar-refractivity contribution in [1.82, 2.24) is 4.90 Å². The number of carbonyl (C=O) groups excluding carboxylic acids is 1. The van der Waals surface area contributed by atoms with Crippen molar-refractivity contribution in [3.8, 4) is 5.75 Å². The minimum Gasteiger partial charge on any atom is -0.497 e. The summed E-state index contributed by atoms with van der Waals surface area (Å²) in [5.74, 6) is 0.592. The van der Waals surface area contributed by atoms with Crippen molar-refractivity contribution in [1.29, 1.82) is 0 Å². The van der Waals surface area contributed by atoms with Gasteiger partial charge in [0.15, 0.2) is 0 Å². The fourth-order valence-electron chi connectivity index (χ4n) is 3.96. The van der Waals surface area contributed by atoms with Gasteiger partial charge in [0.05, 0.1) is 17.7 Å². The minimum absolute atomic E-state index is 0.00177. The average molecular weight is 431 g/mol. The molecule has 2 aromatic carbocycles.